The normalized spacial score (nSPS) is 18.5. The number of aryl methyl sites for hydroxylation is 2. The molecule has 1 aliphatic rings. The fraction of sp³-hybridized carbons (Fsp3) is 0.375. The van der Waals surface area contributed by atoms with Crippen LogP contribution in [0, 0.1) is 19.8 Å². The van der Waals surface area contributed by atoms with Crippen molar-refractivity contribution in [1.82, 2.24) is 20.5 Å². The molecule has 1 amide bonds. The second-order valence-electron chi connectivity index (χ2n) is 8.39. The molecule has 31 heavy (non-hydrogen) atoms. The SMILES string of the molecule is Cc1cccc(-c2cn[nH]c2NCC2CCC(NC(=O)c3cc(Cl)cnc3C)CC2)c1. The topological polar surface area (TPSA) is 82.7 Å². The summed E-state index contributed by atoms with van der Waals surface area (Å²) in [6, 6.07) is 10.3. The predicted molar refractivity (Wildman–Crippen MR) is 124 cm³/mol. The summed E-state index contributed by atoms with van der Waals surface area (Å²) in [5.41, 5.74) is 4.74. The van der Waals surface area contributed by atoms with Crippen molar-refractivity contribution in [1.29, 1.82) is 0 Å². The van der Waals surface area contributed by atoms with E-state index in [0.717, 1.165) is 49.2 Å². The molecule has 162 valence electrons. The molecule has 0 aliphatic heterocycles. The Kier molecular flexibility index (Phi) is 6.56. The molecular weight excluding hydrogens is 410 g/mol. The van der Waals surface area contributed by atoms with Crippen molar-refractivity contribution in [3.05, 3.63) is 64.6 Å². The van der Waals surface area contributed by atoms with Gasteiger partial charge in [0.15, 0.2) is 0 Å². The molecule has 1 aromatic carbocycles. The summed E-state index contributed by atoms with van der Waals surface area (Å²) in [6.45, 7) is 4.81. The molecule has 0 bridgehead atoms. The molecule has 4 rings (SSSR count). The lowest BCUT2D eigenvalue weighted by molar-refractivity contribution is 0.0921. The van der Waals surface area contributed by atoms with Crippen LogP contribution in [0.5, 0.6) is 0 Å². The zero-order valence-corrected chi connectivity index (χ0v) is 18.7. The Labute approximate surface area is 187 Å². The molecule has 1 aliphatic carbocycles. The summed E-state index contributed by atoms with van der Waals surface area (Å²) in [6.07, 6.45) is 7.51. The number of nitrogens with one attached hydrogen (secondary N) is 3. The maximum Gasteiger partial charge on any atom is 0.253 e. The third-order valence-electron chi connectivity index (χ3n) is 6.02. The summed E-state index contributed by atoms with van der Waals surface area (Å²) in [7, 11) is 0. The van der Waals surface area contributed by atoms with Gasteiger partial charge in [-0.05, 0) is 57.1 Å². The predicted octanol–water partition coefficient (Wildman–Crippen LogP) is 5.14. The first-order chi connectivity index (χ1) is 15.0. The lowest BCUT2D eigenvalue weighted by Crippen LogP contribution is -2.38. The Bertz CT molecular complexity index is 1060. The maximum atomic E-state index is 12.6. The molecule has 0 unspecified atom stereocenters. The summed E-state index contributed by atoms with van der Waals surface area (Å²) < 4.78 is 0. The monoisotopic (exact) mass is 437 g/mol. The number of pyridine rings is 1. The standard InChI is InChI=1S/C24H28ClN5O/c1-15-4-3-5-18(10-15)22-14-28-30-23(22)27-12-17-6-8-20(9-7-17)29-24(31)21-11-19(25)13-26-16(21)2/h3-5,10-11,13-14,17,20H,6-9,12H2,1-2H3,(H,29,31)(H2,27,28,30). The molecule has 7 heteroatoms. The fourth-order valence-corrected chi connectivity index (χ4v) is 4.37. The van der Waals surface area contributed by atoms with Crippen molar-refractivity contribution in [2.45, 2.75) is 45.6 Å². The summed E-state index contributed by atoms with van der Waals surface area (Å²) in [5.74, 6) is 1.44. The molecule has 3 N–H and O–H groups in total. The van der Waals surface area contributed by atoms with Gasteiger partial charge in [0.1, 0.15) is 5.82 Å². The first kappa shape index (κ1) is 21.4. The zero-order valence-electron chi connectivity index (χ0n) is 17.9. The number of carbonyl (C=O) groups excluding carboxylic acids is 1. The first-order valence-electron chi connectivity index (χ1n) is 10.8. The highest BCUT2D eigenvalue weighted by Crippen LogP contribution is 2.29. The second-order valence-corrected chi connectivity index (χ2v) is 8.82. The number of anilines is 1. The van der Waals surface area contributed by atoms with Crippen LogP contribution in [0.15, 0.2) is 42.7 Å². The van der Waals surface area contributed by atoms with Gasteiger partial charge in [-0.15, -0.1) is 0 Å². The summed E-state index contributed by atoms with van der Waals surface area (Å²) >= 11 is 6.00. The van der Waals surface area contributed by atoms with Crippen LogP contribution in [0.3, 0.4) is 0 Å². The maximum absolute atomic E-state index is 12.6. The Hall–Kier alpha value is -2.86. The number of nitrogens with zero attached hydrogens (tertiary/aromatic N) is 2. The zero-order chi connectivity index (χ0) is 21.8. The highest BCUT2D eigenvalue weighted by atomic mass is 35.5. The minimum absolute atomic E-state index is 0.0886. The van der Waals surface area contributed by atoms with E-state index < -0.39 is 0 Å². The average molecular weight is 438 g/mol. The summed E-state index contributed by atoms with van der Waals surface area (Å²) in [5, 5.41) is 14.5. The lowest BCUT2D eigenvalue weighted by Gasteiger charge is -2.29. The molecule has 1 saturated carbocycles. The molecule has 0 spiro atoms. The van der Waals surface area contributed by atoms with Gasteiger partial charge < -0.3 is 10.6 Å². The smallest absolute Gasteiger partial charge is 0.253 e. The van der Waals surface area contributed by atoms with Gasteiger partial charge in [0, 0.05) is 24.3 Å². The second kappa shape index (κ2) is 9.52. The van der Waals surface area contributed by atoms with Crippen LogP contribution in [0.4, 0.5) is 5.82 Å². The van der Waals surface area contributed by atoms with Crippen LogP contribution in [-0.2, 0) is 0 Å². The van der Waals surface area contributed by atoms with E-state index in [4.69, 9.17) is 11.6 Å². The van der Waals surface area contributed by atoms with Crippen molar-refractivity contribution in [2.75, 3.05) is 11.9 Å². The quantitative estimate of drug-likeness (QED) is 0.498. The minimum Gasteiger partial charge on any atom is -0.370 e. The first-order valence-corrected chi connectivity index (χ1v) is 11.1. The number of carbonyl (C=O) groups is 1. The number of halogens is 1. The number of H-pyrrole nitrogens is 1. The van der Waals surface area contributed by atoms with Crippen molar-refractivity contribution in [3.8, 4) is 11.1 Å². The molecule has 0 atom stereocenters. The molecule has 0 radical (unpaired) electrons. The van der Waals surface area contributed by atoms with Crippen molar-refractivity contribution >= 4 is 23.3 Å². The summed E-state index contributed by atoms with van der Waals surface area (Å²) in [4.78, 5) is 16.8. The van der Waals surface area contributed by atoms with Gasteiger partial charge in [0.25, 0.3) is 5.91 Å². The Morgan fingerprint density at radius 2 is 1.97 bits per heavy atom. The number of benzene rings is 1. The van der Waals surface area contributed by atoms with Gasteiger partial charge in [-0.3, -0.25) is 14.9 Å². The number of amides is 1. The van der Waals surface area contributed by atoms with Crippen LogP contribution >= 0.6 is 11.6 Å². The van der Waals surface area contributed by atoms with E-state index in [1.807, 2.05) is 13.1 Å². The van der Waals surface area contributed by atoms with E-state index in [1.54, 1.807) is 12.3 Å². The highest BCUT2D eigenvalue weighted by molar-refractivity contribution is 6.30. The van der Waals surface area contributed by atoms with Gasteiger partial charge in [-0.2, -0.15) is 5.10 Å². The number of hydrogen-bond donors (Lipinski definition) is 3. The minimum atomic E-state index is -0.0886. The van der Waals surface area contributed by atoms with Gasteiger partial charge >= 0.3 is 0 Å². The van der Waals surface area contributed by atoms with Crippen LogP contribution < -0.4 is 10.6 Å². The van der Waals surface area contributed by atoms with E-state index in [0.29, 0.717) is 22.2 Å². The molecule has 6 nitrogen and oxygen atoms in total. The van der Waals surface area contributed by atoms with Crippen LogP contribution in [0.2, 0.25) is 5.02 Å². The van der Waals surface area contributed by atoms with Crippen molar-refractivity contribution < 1.29 is 4.79 Å². The van der Waals surface area contributed by atoms with E-state index in [9.17, 15) is 4.79 Å². The highest BCUT2D eigenvalue weighted by Gasteiger charge is 2.24. The Morgan fingerprint density at radius 1 is 1.16 bits per heavy atom. The van der Waals surface area contributed by atoms with Gasteiger partial charge in [0.05, 0.1) is 22.5 Å². The molecule has 1 fully saturated rings. The van der Waals surface area contributed by atoms with Crippen LogP contribution in [-0.4, -0.2) is 33.7 Å². The van der Waals surface area contributed by atoms with Gasteiger partial charge in [-0.1, -0.05) is 41.4 Å². The fourth-order valence-electron chi connectivity index (χ4n) is 4.21. The third kappa shape index (κ3) is 5.25. The number of rotatable bonds is 6. The number of hydrogen-bond acceptors (Lipinski definition) is 4. The van der Waals surface area contributed by atoms with Crippen LogP contribution in [0.1, 0.15) is 47.3 Å². The molecule has 3 aromatic rings. The van der Waals surface area contributed by atoms with Crippen LogP contribution in [0.25, 0.3) is 11.1 Å². The third-order valence-corrected chi connectivity index (χ3v) is 6.22. The lowest BCUT2D eigenvalue weighted by atomic mass is 9.86. The van der Waals surface area contributed by atoms with Crippen molar-refractivity contribution in [3.63, 3.8) is 0 Å². The van der Waals surface area contributed by atoms with Gasteiger partial charge in [-0.25, -0.2) is 0 Å². The largest absolute Gasteiger partial charge is 0.370 e. The number of aromatic nitrogens is 3. The van der Waals surface area contributed by atoms with Crippen molar-refractivity contribution in [2.24, 2.45) is 5.92 Å². The molecular formula is C24H28ClN5O. The van der Waals surface area contributed by atoms with E-state index >= 15 is 0 Å². The van der Waals surface area contributed by atoms with E-state index in [1.165, 1.54) is 5.56 Å². The van der Waals surface area contributed by atoms with E-state index in [2.05, 4.69) is 57.0 Å². The Balaban J connectivity index is 1.28. The molecule has 2 aromatic heterocycles. The van der Waals surface area contributed by atoms with Gasteiger partial charge in [0.2, 0.25) is 0 Å². The average Bonchev–Trinajstić information content (AvgIpc) is 3.23. The Morgan fingerprint density at radius 3 is 2.74 bits per heavy atom. The number of aromatic amines is 1. The molecule has 0 saturated heterocycles. The van der Waals surface area contributed by atoms with E-state index in [-0.39, 0.29) is 11.9 Å². The molecule has 2 heterocycles.